The highest BCUT2D eigenvalue weighted by Gasteiger charge is 2.48. The standard InChI is InChI=1S/C29H27N3O5/c33-27(26-15-14-20-16-31(26)29(35)32(20)37-17-19-8-2-1-3-9-19)30-28(34)36-18-25-23-12-6-4-10-21(23)22-11-5-7-13-24(22)25/h1-13,20,25-26H,14-18H2,(H,30,33,34). The number of alkyl carbamates (subject to hydrolysis) is 1. The summed E-state index contributed by atoms with van der Waals surface area (Å²) in [6.45, 7) is 0.771. The van der Waals surface area contributed by atoms with E-state index in [1.807, 2.05) is 66.7 Å². The molecule has 1 aliphatic carbocycles. The van der Waals surface area contributed by atoms with Gasteiger partial charge in [0, 0.05) is 12.5 Å². The van der Waals surface area contributed by atoms with Crippen LogP contribution in [0.5, 0.6) is 0 Å². The third kappa shape index (κ3) is 4.34. The molecule has 188 valence electrons. The molecule has 2 atom stereocenters. The largest absolute Gasteiger partial charge is 0.448 e. The lowest BCUT2D eigenvalue weighted by molar-refractivity contribution is -0.140. The number of imide groups is 1. The molecule has 2 bridgehead atoms. The van der Waals surface area contributed by atoms with Crippen molar-refractivity contribution in [3.8, 4) is 11.1 Å². The molecule has 2 saturated heterocycles. The minimum atomic E-state index is -0.808. The summed E-state index contributed by atoms with van der Waals surface area (Å²) in [5, 5.41) is 3.71. The number of fused-ring (bicyclic) bond motifs is 5. The van der Waals surface area contributed by atoms with Crippen LogP contribution in [-0.4, -0.2) is 53.2 Å². The summed E-state index contributed by atoms with van der Waals surface area (Å²) >= 11 is 0. The van der Waals surface area contributed by atoms with Crippen molar-refractivity contribution in [1.29, 1.82) is 0 Å². The molecule has 4 amide bonds. The maximum Gasteiger partial charge on any atom is 0.413 e. The number of nitrogens with zero attached hydrogens (tertiary/aromatic N) is 2. The molecule has 8 nitrogen and oxygen atoms in total. The Hall–Kier alpha value is -4.17. The van der Waals surface area contributed by atoms with Gasteiger partial charge in [-0.05, 0) is 40.7 Å². The molecule has 2 aliphatic heterocycles. The van der Waals surface area contributed by atoms with Gasteiger partial charge in [0.25, 0.3) is 5.91 Å². The monoisotopic (exact) mass is 497 g/mol. The van der Waals surface area contributed by atoms with Gasteiger partial charge in [0.2, 0.25) is 0 Å². The molecule has 3 aliphatic rings. The third-order valence-corrected chi connectivity index (χ3v) is 7.41. The predicted molar refractivity (Wildman–Crippen MR) is 135 cm³/mol. The zero-order chi connectivity index (χ0) is 25.4. The van der Waals surface area contributed by atoms with Gasteiger partial charge in [0.1, 0.15) is 19.3 Å². The van der Waals surface area contributed by atoms with Gasteiger partial charge in [-0.3, -0.25) is 14.9 Å². The molecule has 2 unspecified atom stereocenters. The van der Waals surface area contributed by atoms with Crippen LogP contribution in [0.4, 0.5) is 9.59 Å². The van der Waals surface area contributed by atoms with E-state index in [4.69, 9.17) is 9.57 Å². The SMILES string of the molecule is O=C(NC(=O)C1CCC2CN1C(=O)N2OCc1ccccc1)OCC1c2ccccc2-c2ccccc21. The lowest BCUT2D eigenvalue weighted by Gasteiger charge is -2.28. The van der Waals surface area contributed by atoms with Crippen LogP contribution in [0.1, 0.15) is 35.4 Å². The van der Waals surface area contributed by atoms with Gasteiger partial charge in [-0.1, -0.05) is 78.9 Å². The minimum Gasteiger partial charge on any atom is -0.448 e. The molecule has 37 heavy (non-hydrogen) atoms. The molecular formula is C29H27N3O5. The van der Waals surface area contributed by atoms with E-state index in [-0.39, 0.29) is 31.2 Å². The van der Waals surface area contributed by atoms with Crippen LogP contribution in [0.3, 0.4) is 0 Å². The van der Waals surface area contributed by atoms with Gasteiger partial charge in [0.15, 0.2) is 0 Å². The fraction of sp³-hybridized carbons (Fsp3) is 0.276. The van der Waals surface area contributed by atoms with Crippen molar-refractivity contribution >= 4 is 18.0 Å². The molecule has 2 fully saturated rings. The average molecular weight is 498 g/mol. The number of hydroxylamine groups is 2. The second-order valence-electron chi connectivity index (χ2n) is 9.58. The highest BCUT2D eigenvalue weighted by atomic mass is 16.7. The smallest absolute Gasteiger partial charge is 0.413 e. The number of hydrogen-bond donors (Lipinski definition) is 1. The van der Waals surface area contributed by atoms with Gasteiger partial charge in [0.05, 0.1) is 6.04 Å². The first-order valence-corrected chi connectivity index (χ1v) is 12.5. The molecule has 8 heteroatoms. The van der Waals surface area contributed by atoms with E-state index in [1.54, 1.807) is 0 Å². The third-order valence-electron chi connectivity index (χ3n) is 7.41. The molecule has 0 aromatic heterocycles. The number of ether oxygens (including phenoxy) is 1. The van der Waals surface area contributed by atoms with Crippen LogP contribution >= 0.6 is 0 Å². The summed E-state index contributed by atoms with van der Waals surface area (Å²) in [5.74, 6) is -0.631. The van der Waals surface area contributed by atoms with Gasteiger partial charge in [-0.15, -0.1) is 0 Å². The Kier molecular flexibility index (Phi) is 6.10. The van der Waals surface area contributed by atoms with Crippen LogP contribution in [0, 0.1) is 0 Å². The quantitative estimate of drug-likeness (QED) is 0.544. The van der Waals surface area contributed by atoms with Gasteiger partial charge < -0.3 is 9.64 Å². The molecule has 3 aromatic rings. The number of benzene rings is 3. The maximum absolute atomic E-state index is 13.0. The van der Waals surface area contributed by atoms with Crippen molar-refractivity contribution in [3.05, 3.63) is 95.6 Å². The maximum atomic E-state index is 13.0. The number of hydrogen-bond acceptors (Lipinski definition) is 5. The fourth-order valence-electron chi connectivity index (χ4n) is 5.61. The van der Waals surface area contributed by atoms with Crippen LogP contribution in [0.25, 0.3) is 11.1 Å². The van der Waals surface area contributed by atoms with Crippen molar-refractivity contribution in [3.63, 3.8) is 0 Å². The summed E-state index contributed by atoms with van der Waals surface area (Å²) in [4.78, 5) is 45.8. The molecule has 0 radical (unpaired) electrons. The van der Waals surface area contributed by atoms with E-state index in [0.29, 0.717) is 19.4 Å². The van der Waals surface area contributed by atoms with Crippen molar-refractivity contribution in [1.82, 2.24) is 15.3 Å². The Morgan fingerprint density at radius 1 is 0.865 bits per heavy atom. The minimum absolute atomic E-state index is 0.0980. The van der Waals surface area contributed by atoms with Gasteiger partial charge >= 0.3 is 12.1 Å². The summed E-state index contributed by atoms with van der Waals surface area (Å²) in [7, 11) is 0. The van der Waals surface area contributed by atoms with E-state index >= 15 is 0 Å². The number of rotatable bonds is 6. The van der Waals surface area contributed by atoms with E-state index in [9.17, 15) is 14.4 Å². The summed E-state index contributed by atoms with van der Waals surface area (Å²) in [6.07, 6.45) is 0.252. The van der Waals surface area contributed by atoms with Crippen molar-refractivity contribution in [2.75, 3.05) is 13.2 Å². The number of amides is 4. The van der Waals surface area contributed by atoms with Crippen LogP contribution in [-0.2, 0) is 21.0 Å². The number of urea groups is 1. The average Bonchev–Trinajstić information content (AvgIpc) is 3.37. The Labute approximate surface area is 214 Å². The fourth-order valence-corrected chi connectivity index (χ4v) is 5.61. The number of piperidine rings is 1. The summed E-state index contributed by atoms with van der Waals surface area (Å²) in [5.41, 5.74) is 5.41. The van der Waals surface area contributed by atoms with E-state index in [0.717, 1.165) is 27.8 Å². The summed E-state index contributed by atoms with van der Waals surface area (Å²) in [6, 6.07) is 24.5. The predicted octanol–water partition coefficient (Wildman–Crippen LogP) is 4.45. The number of carbonyl (C=O) groups excluding carboxylic acids is 3. The molecule has 6 rings (SSSR count). The second kappa shape index (κ2) is 9.71. The van der Waals surface area contributed by atoms with Crippen molar-refractivity contribution < 1.29 is 24.0 Å². The van der Waals surface area contributed by atoms with Crippen LogP contribution in [0.15, 0.2) is 78.9 Å². The van der Waals surface area contributed by atoms with Gasteiger partial charge in [-0.25, -0.2) is 9.59 Å². The Morgan fingerprint density at radius 2 is 1.51 bits per heavy atom. The lowest BCUT2D eigenvalue weighted by atomic mass is 9.98. The van der Waals surface area contributed by atoms with Crippen LogP contribution < -0.4 is 5.32 Å². The first kappa shape index (κ1) is 23.2. The normalized spacial score (nSPS) is 19.9. The van der Waals surface area contributed by atoms with E-state index in [1.165, 1.54) is 9.96 Å². The zero-order valence-electron chi connectivity index (χ0n) is 20.2. The number of carbonyl (C=O) groups is 3. The molecule has 0 saturated carbocycles. The molecule has 1 N–H and O–H groups in total. The summed E-state index contributed by atoms with van der Waals surface area (Å²) < 4.78 is 5.51. The first-order valence-electron chi connectivity index (χ1n) is 12.5. The Balaban J connectivity index is 1.05. The van der Waals surface area contributed by atoms with Crippen molar-refractivity contribution in [2.24, 2.45) is 0 Å². The van der Waals surface area contributed by atoms with E-state index in [2.05, 4.69) is 17.4 Å². The molecule has 3 aromatic carbocycles. The highest BCUT2D eigenvalue weighted by molar-refractivity contribution is 5.97. The second-order valence-corrected chi connectivity index (χ2v) is 9.58. The van der Waals surface area contributed by atoms with E-state index < -0.39 is 18.0 Å². The van der Waals surface area contributed by atoms with Crippen LogP contribution in [0.2, 0.25) is 0 Å². The molecular weight excluding hydrogens is 470 g/mol. The zero-order valence-corrected chi connectivity index (χ0v) is 20.2. The Morgan fingerprint density at radius 3 is 2.22 bits per heavy atom. The highest BCUT2D eigenvalue weighted by Crippen LogP contribution is 2.44. The number of nitrogens with one attached hydrogen (secondary N) is 1. The Bertz CT molecular complexity index is 1300. The topological polar surface area (TPSA) is 88.2 Å². The lowest BCUT2D eigenvalue weighted by Crippen LogP contribution is -2.51. The first-order chi connectivity index (χ1) is 18.1. The molecule has 2 heterocycles. The van der Waals surface area contributed by atoms with Gasteiger partial charge in [-0.2, -0.15) is 5.06 Å². The van der Waals surface area contributed by atoms with Crippen molar-refractivity contribution in [2.45, 2.75) is 37.5 Å². The molecule has 0 spiro atoms.